The average molecular weight is 419 g/mol. The third kappa shape index (κ3) is 4.92. The molecule has 2 amide bonds. The Hall–Kier alpha value is -2.49. The molecular formula is C19H26N6O3S. The van der Waals surface area contributed by atoms with Crippen molar-refractivity contribution in [2.75, 3.05) is 5.32 Å². The monoisotopic (exact) mass is 418 g/mol. The highest BCUT2D eigenvalue weighted by molar-refractivity contribution is 7.11. The SMILES string of the molecule is Cc1nnc(CC(=O)Nc2cc([C@H]3CC[C@@H](OC(=O)NC4(C)CCC4)C3)[nH]n2)s1. The molecule has 2 heterocycles. The van der Waals surface area contributed by atoms with E-state index in [1.807, 2.05) is 13.0 Å². The number of nitrogens with zero attached hydrogens (tertiary/aromatic N) is 3. The van der Waals surface area contributed by atoms with Gasteiger partial charge in [-0.25, -0.2) is 4.79 Å². The molecule has 2 aromatic heterocycles. The second kappa shape index (κ2) is 8.10. The Labute approximate surface area is 173 Å². The van der Waals surface area contributed by atoms with Crippen molar-refractivity contribution in [2.24, 2.45) is 0 Å². The molecule has 2 aliphatic carbocycles. The molecule has 0 radical (unpaired) electrons. The Morgan fingerprint density at radius 3 is 2.86 bits per heavy atom. The summed E-state index contributed by atoms with van der Waals surface area (Å²) in [7, 11) is 0. The summed E-state index contributed by atoms with van der Waals surface area (Å²) in [4.78, 5) is 24.3. The van der Waals surface area contributed by atoms with E-state index in [0.717, 1.165) is 49.2 Å². The fraction of sp³-hybridized carbons (Fsp3) is 0.632. The van der Waals surface area contributed by atoms with Crippen LogP contribution in [0.3, 0.4) is 0 Å². The van der Waals surface area contributed by atoms with E-state index in [0.29, 0.717) is 10.8 Å². The molecule has 29 heavy (non-hydrogen) atoms. The molecule has 0 saturated heterocycles. The molecule has 2 aliphatic rings. The van der Waals surface area contributed by atoms with Crippen molar-refractivity contribution < 1.29 is 14.3 Å². The number of carbonyl (C=O) groups excluding carboxylic acids is 2. The first-order chi connectivity index (χ1) is 13.9. The highest BCUT2D eigenvalue weighted by Crippen LogP contribution is 2.36. The molecule has 10 heteroatoms. The standard InChI is InChI=1S/C19H26N6O3S/c1-11-22-25-17(29-11)10-16(26)20-15-9-14(23-24-15)12-4-5-13(8-12)28-18(27)21-19(2)6-3-7-19/h9,12-13H,3-8,10H2,1-2H3,(H,21,27)(H2,20,23,24,26)/t12-,13+/m0/s1. The molecule has 2 atom stereocenters. The molecule has 0 aliphatic heterocycles. The number of carbonyl (C=O) groups is 2. The molecule has 4 rings (SSSR count). The van der Waals surface area contributed by atoms with Crippen LogP contribution < -0.4 is 10.6 Å². The van der Waals surface area contributed by atoms with Crippen molar-refractivity contribution >= 4 is 29.2 Å². The quantitative estimate of drug-likeness (QED) is 0.663. The first-order valence-corrected chi connectivity index (χ1v) is 10.8. The lowest BCUT2D eigenvalue weighted by atomic mass is 9.79. The molecule has 2 fully saturated rings. The predicted octanol–water partition coefficient (Wildman–Crippen LogP) is 3.06. The van der Waals surface area contributed by atoms with Crippen LogP contribution in [0.4, 0.5) is 10.6 Å². The molecular weight excluding hydrogens is 392 g/mol. The summed E-state index contributed by atoms with van der Waals surface area (Å²) >= 11 is 1.41. The number of alkyl carbamates (subject to hydrolysis) is 1. The van der Waals surface area contributed by atoms with Gasteiger partial charge in [0.05, 0.1) is 6.42 Å². The van der Waals surface area contributed by atoms with E-state index < -0.39 is 0 Å². The van der Waals surface area contributed by atoms with Crippen molar-refractivity contribution in [1.29, 1.82) is 0 Å². The Bertz CT molecular complexity index is 890. The van der Waals surface area contributed by atoms with E-state index in [-0.39, 0.29) is 36.0 Å². The van der Waals surface area contributed by atoms with Crippen LogP contribution in [0.25, 0.3) is 0 Å². The summed E-state index contributed by atoms with van der Waals surface area (Å²) in [6.45, 7) is 3.91. The number of anilines is 1. The largest absolute Gasteiger partial charge is 0.446 e. The predicted molar refractivity (Wildman–Crippen MR) is 108 cm³/mol. The number of rotatable bonds is 6. The number of ether oxygens (including phenoxy) is 1. The number of amides is 2. The zero-order valence-corrected chi connectivity index (χ0v) is 17.5. The first-order valence-electron chi connectivity index (χ1n) is 10.0. The van der Waals surface area contributed by atoms with Gasteiger partial charge in [0.25, 0.3) is 0 Å². The molecule has 3 N–H and O–H groups in total. The molecule has 2 aromatic rings. The third-order valence-corrected chi connectivity index (χ3v) is 6.54. The maximum atomic E-state index is 12.1. The van der Waals surface area contributed by atoms with Crippen LogP contribution >= 0.6 is 11.3 Å². The maximum Gasteiger partial charge on any atom is 0.407 e. The average Bonchev–Trinajstić information content (AvgIpc) is 3.35. The summed E-state index contributed by atoms with van der Waals surface area (Å²) in [5, 5.41) is 22.4. The van der Waals surface area contributed by atoms with Gasteiger partial charge >= 0.3 is 6.09 Å². The number of nitrogens with one attached hydrogen (secondary N) is 3. The van der Waals surface area contributed by atoms with Gasteiger partial charge in [0.2, 0.25) is 5.91 Å². The van der Waals surface area contributed by atoms with Gasteiger partial charge in [-0.1, -0.05) is 0 Å². The zero-order valence-electron chi connectivity index (χ0n) is 16.7. The van der Waals surface area contributed by atoms with Crippen LogP contribution in [0.2, 0.25) is 0 Å². The van der Waals surface area contributed by atoms with Crippen LogP contribution in [0, 0.1) is 6.92 Å². The van der Waals surface area contributed by atoms with Gasteiger partial charge in [-0.05, 0) is 52.4 Å². The van der Waals surface area contributed by atoms with Crippen LogP contribution in [0.15, 0.2) is 6.07 Å². The smallest absolute Gasteiger partial charge is 0.407 e. The van der Waals surface area contributed by atoms with Crippen LogP contribution in [-0.4, -0.2) is 44.0 Å². The van der Waals surface area contributed by atoms with Crippen molar-refractivity contribution in [3.63, 3.8) is 0 Å². The Morgan fingerprint density at radius 2 is 2.17 bits per heavy atom. The summed E-state index contributed by atoms with van der Waals surface area (Å²) in [6, 6.07) is 1.85. The van der Waals surface area contributed by atoms with E-state index in [4.69, 9.17) is 4.74 Å². The van der Waals surface area contributed by atoms with Crippen molar-refractivity contribution in [2.45, 2.75) is 76.4 Å². The van der Waals surface area contributed by atoms with Gasteiger partial charge in [0, 0.05) is 23.2 Å². The van der Waals surface area contributed by atoms with Crippen molar-refractivity contribution in [1.82, 2.24) is 25.7 Å². The van der Waals surface area contributed by atoms with Gasteiger partial charge < -0.3 is 15.4 Å². The van der Waals surface area contributed by atoms with Crippen LogP contribution in [0.1, 0.15) is 67.1 Å². The molecule has 9 nitrogen and oxygen atoms in total. The number of hydrogen-bond donors (Lipinski definition) is 3. The summed E-state index contributed by atoms with van der Waals surface area (Å²) in [5.74, 6) is 0.551. The molecule has 2 saturated carbocycles. The van der Waals surface area contributed by atoms with E-state index in [2.05, 4.69) is 38.0 Å². The number of H-pyrrole nitrogens is 1. The minimum absolute atomic E-state index is 0.0920. The van der Waals surface area contributed by atoms with Crippen LogP contribution in [-0.2, 0) is 16.0 Å². The van der Waals surface area contributed by atoms with Crippen molar-refractivity contribution in [3.05, 3.63) is 21.8 Å². The summed E-state index contributed by atoms with van der Waals surface area (Å²) < 4.78 is 5.61. The Kier molecular flexibility index (Phi) is 5.53. The minimum Gasteiger partial charge on any atom is -0.446 e. The highest BCUT2D eigenvalue weighted by Gasteiger charge is 2.35. The molecule has 0 spiro atoms. The molecule has 156 valence electrons. The van der Waals surface area contributed by atoms with Crippen molar-refractivity contribution in [3.8, 4) is 0 Å². The molecule has 0 aromatic carbocycles. The number of aromatic amines is 1. The van der Waals surface area contributed by atoms with E-state index >= 15 is 0 Å². The van der Waals surface area contributed by atoms with Gasteiger partial charge in [0.1, 0.15) is 16.1 Å². The fourth-order valence-corrected chi connectivity index (χ4v) is 4.64. The van der Waals surface area contributed by atoms with E-state index in [9.17, 15) is 9.59 Å². The molecule has 0 bridgehead atoms. The lowest BCUT2D eigenvalue weighted by Crippen LogP contribution is -2.51. The second-order valence-electron chi connectivity index (χ2n) is 8.22. The fourth-order valence-electron chi connectivity index (χ4n) is 3.93. The Morgan fingerprint density at radius 1 is 1.34 bits per heavy atom. The van der Waals surface area contributed by atoms with Gasteiger partial charge in [0.15, 0.2) is 5.82 Å². The summed E-state index contributed by atoms with van der Waals surface area (Å²) in [5.41, 5.74) is 0.850. The maximum absolute atomic E-state index is 12.1. The Balaban J connectivity index is 1.25. The first kappa shape index (κ1) is 19.8. The number of hydrogen-bond acceptors (Lipinski definition) is 7. The highest BCUT2D eigenvalue weighted by atomic mass is 32.1. The van der Waals surface area contributed by atoms with Crippen LogP contribution in [0.5, 0.6) is 0 Å². The van der Waals surface area contributed by atoms with Gasteiger partial charge in [-0.15, -0.1) is 21.5 Å². The second-order valence-corrected chi connectivity index (χ2v) is 9.49. The lowest BCUT2D eigenvalue weighted by molar-refractivity contribution is -0.115. The topological polar surface area (TPSA) is 122 Å². The molecule has 0 unspecified atom stereocenters. The van der Waals surface area contributed by atoms with Gasteiger partial charge in [-0.3, -0.25) is 9.89 Å². The van der Waals surface area contributed by atoms with E-state index in [1.165, 1.54) is 11.3 Å². The number of aryl methyl sites for hydroxylation is 1. The van der Waals surface area contributed by atoms with Gasteiger partial charge in [-0.2, -0.15) is 5.10 Å². The zero-order chi connectivity index (χ0) is 20.4. The third-order valence-electron chi connectivity index (χ3n) is 5.70. The summed E-state index contributed by atoms with van der Waals surface area (Å²) in [6.07, 6.45) is 5.44. The minimum atomic E-state index is -0.317. The lowest BCUT2D eigenvalue weighted by Gasteiger charge is -2.38. The number of aromatic nitrogens is 4. The van der Waals surface area contributed by atoms with E-state index in [1.54, 1.807) is 0 Å². The normalized spacial score (nSPS) is 22.7.